The van der Waals surface area contributed by atoms with Crippen LogP contribution in [0, 0.1) is 5.41 Å². The van der Waals surface area contributed by atoms with Crippen molar-refractivity contribution in [3.8, 4) is 0 Å². The lowest BCUT2D eigenvalue weighted by Crippen LogP contribution is -2.61. The molecule has 1 fully saturated rings. The van der Waals surface area contributed by atoms with Crippen LogP contribution < -0.4 is 5.32 Å². The zero-order chi connectivity index (χ0) is 13.9. The zero-order valence-electron chi connectivity index (χ0n) is 12.6. The van der Waals surface area contributed by atoms with E-state index in [4.69, 9.17) is 4.74 Å². The molecule has 1 saturated carbocycles. The van der Waals surface area contributed by atoms with Gasteiger partial charge in [-0.2, -0.15) is 0 Å². The Morgan fingerprint density at radius 1 is 1.32 bits per heavy atom. The minimum Gasteiger partial charge on any atom is -0.378 e. The van der Waals surface area contributed by atoms with Crippen LogP contribution in [0.3, 0.4) is 0 Å². The molecule has 3 unspecified atom stereocenters. The fourth-order valence-electron chi connectivity index (χ4n) is 2.93. The summed E-state index contributed by atoms with van der Waals surface area (Å²) in [7, 11) is 0. The van der Waals surface area contributed by atoms with E-state index < -0.39 is 0 Å². The van der Waals surface area contributed by atoms with Crippen LogP contribution in [0.25, 0.3) is 0 Å². The van der Waals surface area contributed by atoms with E-state index in [-0.39, 0.29) is 5.41 Å². The quantitative estimate of drug-likeness (QED) is 0.845. The molecular formula is C17H27NO. The SMILES string of the molecule is CCOC1CC(NCC(C)c2ccccc2)C1(C)C. The average molecular weight is 261 g/mol. The smallest absolute Gasteiger partial charge is 0.0655 e. The highest BCUT2D eigenvalue weighted by Crippen LogP contribution is 2.42. The molecule has 0 spiro atoms. The number of benzene rings is 1. The van der Waals surface area contributed by atoms with Gasteiger partial charge in [0.2, 0.25) is 0 Å². The van der Waals surface area contributed by atoms with Crippen molar-refractivity contribution in [2.45, 2.75) is 52.2 Å². The first-order valence-corrected chi connectivity index (χ1v) is 7.45. The van der Waals surface area contributed by atoms with Crippen LogP contribution in [0.5, 0.6) is 0 Å². The molecule has 2 rings (SSSR count). The van der Waals surface area contributed by atoms with Crippen LogP contribution in [0.15, 0.2) is 30.3 Å². The summed E-state index contributed by atoms with van der Waals surface area (Å²) < 4.78 is 5.77. The van der Waals surface area contributed by atoms with Crippen molar-refractivity contribution >= 4 is 0 Å². The molecule has 3 atom stereocenters. The van der Waals surface area contributed by atoms with Crippen LogP contribution >= 0.6 is 0 Å². The van der Waals surface area contributed by atoms with Gasteiger partial charge in [-0.15, -0.1) is 0 Å². The first-order chi connectivity index (χ1) is 9.05. The van der Waals surface area contributed by atoms with Crippen molar-refractivity contribution in [2.75, 3.05) is 13.2 Å². The van der Waals surface area contributed by atoms with Crippen LogP contribution in [0.4, 0.5) is 0 Å². The lowest BCUT2D eigenvalue weighted by atomic mass is 9.64. The highest BCUT2D eigenvalue weighted by Gasteiger charge is 2.48. The van der Waals surface area contributed by atoms with Crippen molar-refractivity contribution in [3.05, 3.63) is 35.9 Å². The topological polar surface area (TPSA) is 21.3 Å². The molecule has 19 heavy (non-hydrogen) atoms. The van der Waals surface area contributed by atoms with E-state index in [9.17, 15) is 0 Å². The van der Waals surface area contributed by atoms with Crippen molar-refractivity contribution in [2.24, 2.45) is 5.41 Å². The maximum Gasteiger partial charge on any atom is 0.0655 e. The van der Waals surface area contributed by atoms with Crippen LogP contribution in [-0.2, 0) is 4.74 Å². The number of ether oxygens (including phenoxy) is 1. The van der Waals surface area contributed by atoms with Crippen LogP contribution in [0.1, 0.15) is 45.6 Å². The minimum atomic E-state index is 0.256. The third kappa shape index (κ3) is 3.18. The predicted octanol–water partition coefficient (Wildman–Crippen LogP) is 3.58. The van der Waals surface area contributed by atoms with Crippen molar-refractivity contribution in [3.63, 3.8) is 0 Å². The highest BCUT2D eigenvalue weighted by atomic mass is 16.5. The van der Waals surface area contributed by atoms with Gasteiger partial charge in [-0.3, -0.25) is 0 Å². The number of hydrogen-bond donors (Lipinski definition) is 1. The number of nitrogens with one attached hydrogen (secondary N) is 1. The molecule has 0 amide bonds. The summed E-state index contributed by atoms with van der Waals surface area (Å²) in [5.74, 6) is 0.558. The Labute approximate surface area is 117 Å². The molecule has 0 radical (unpaired) electrons. The van der Waals surface area contributed by atoms with E-state index in [1.54, 1.807) is 0 Å². The summed E-state index contributed by atoms with van der Waals surface area (Å²) in [6.45, 7) is 10.8. The van der Waals surface area contributed by atoms with Gasteiger partial charge in [-0.25, -0.2) is 0 Å². The molecule has 1 N–H and O–H groups in total. The first-order valence-electron chi connectivity index (χ1n) is 7.45. The Morgan fingerprint density at radius 3 is 2.58 bits per heavy atom. The maximum absolute atomic E-state index is 5.77. The monoisotopic (exact) mass is 261 g/mol. The minimum absolute atomic E-state index is 0.256. The fraction of sp³-hybridized carbons (Fsp3) is 0.647. The Bertz CT molecular complexity index is 388. The van der Waals surface area contributed by atoms with Gasteiger partial charge in [0.25, 0.3) is 0 Å². The molecule has 0 saturated heterocycles. The Kier molecular flexibility index (Phi) is 4.64. The van der Waals surface area contributed by atoms with Gasteiger partial charge in [-0.1, -0.05) is 51.1 Å². The molecule has 1 aromatic carbocycles. The molecule has 1 aliphatic rings. The highest BCUT2D eigenvalue weighted by molar-refractivity contribution is 5.19. The van der Waals surface area contributed by atoms with Gasteiger partial charge in [0, 0.05) is 24.6 Å². The lowest BCUT2D eigenvalue weighted by Gasteiger charge is -2.52. The number of rotatable bonds is 6. The first kappa shape index (κ1) is 14.5. The van der Waals surface area contributed by atoms with Gasteiger partial charge in [0.1, 0.15) is 0 Å². The molecule has 1 aliphatic carbocycles. The molecule has 1 aromatic rings. The maximum atomic E-state index is 5.77. The molecular weight excluding hydrogens is 234 g/mol. The summed E-state index contributed by atoms with van der Waals surface area (Å²) >= 11 is 0. The molecule has 0 aromatic heterocycles. The van der Waals surface area contributed by atoms with E-state index in [0.717, 1.165) is 19.6 Å². The average Bonchev–Trinajstić information content (AvgIpc) is 2.42. The molecule has 106 valence electrons. The molecule has 0 heterocycles. The van der Waals surface area contributed by atoms with E-state index >= 15 is 0 Å². The molecule has 0 aliphatic heterocycles. The Hall–Kier alpha value is -0.860. The Balaban J connectivity index is 1.81. The second-order valence-corrected chi connectivity index (χ2v) is 6.27. The van der Waals surface area contributed by atoms with E-state index in [2.05, 4.69) is 63.3 Å². The summed E-state index contributed by atoms with van der Waals surface area (Å²) in [5, 5.41) is 3.72. The van der Waals surface area contributed by atoms with E-state index in [1.165, 1.54) is 5.56 Å². The summed E-state index contributed by atoms with van der Waals surface area (Å²) in [6, 6.07) is 11.3. The second kappa shape index (κ2) is 6.06. The summed E-state index contributed by atoms with van der Waals surface area (Å²) in [6.07, 6.45) is 1.56. The fourth-order valence-corrected chi connectivity index (χ4v) is 2.93. The van der Waals surface area contributed by atoms with Gasteiger partial charge in [0.05, 0.1) is 6.10 Å². The Morgan fingerprint density at radius 2 is 2.00 bits per heavy atom. The van der Waals surface area contributed by atoms with Gasteiger partial charge >= 0.3 is 0 Å². The zero-order valence-corrected chi connectivity index (χ0v) is 12.6. The van der Waals surface area contributed by atoms with E-state index in [0.29, 0.717) is 18.1 Å². The van der Waals surface area contributed by atoms with Gasteiger partial charge in [0.15, 0.2) is 0 Å². The van der Waals surface area contributed by atoms with Crippen molar-refractivity contribution in [1.29, 1.82) is 0 Å². The second-order valence-electron chi connectivity index (χ2n) is 6.27. The third-order valence-corrected chi connectivity index (χ3v) is 4.58. The summed E-state index contributed by atoms with van der Waals surface area (Å²) in [4.78, 5) is 0. The molecule has 2 nitrogen and oxygen atoms in total. The predicted molar refractivity (Wildman–Crippen MR) is 80.5 cm³/mol. The molecule has 0 bridgehead atoms. The lowest BCUT2D eigenvalue weighted by molar-refractivity contribution is -0.114. The molecule has 2 heteroatoms. The van der Waals surface area contributed by atoms with Crippen LogP contribution in [-0.4, -0.2) is 25.3 Å². The summed E-state index contributed by atoms with van der Waals surface area (Å²) in [5.41, 5.74) is 1.67. The largest absolute Gasteiger partial charge is 0.378 e. The van der Waals surface area contributed by atoms with Crippen molar-refractivity contribution in [1.82, 2.24) is 5.32 Å². The van der Waals surface area contributed by atoms with E-state index in [1.807, 2.05) is 0 Å². The normalized spacial score (nSPS) is 26.7. The third-order valence-electron chi connectivity index (χ3n) is 4.58. The van der Waals surface area contributed by atoms with Crippen molar-refractivity contribution < 1.29 is 4.74 Å². The standard InChI is InChI=1S/C17H27NO/c1-5-19-16-11-15(17(16,3)4)18-12-13(2)14-9-7-6-8-10-14/h6-10,13,15-16,18H,5,11-12H2,1-4H3. The van der Waals surface area contributed by atoms with Gasteiger partial charge in [-0.05, 0) is 24.8 Å². The van der Waals surface area contributed by atoms with Crippen LogP contribution in [0.2, 0.25) is 0 Å². The number of hydrogen-bond acceptors (Lipinski definition) is 2. The van der Waals surface area contributed by atoms with Gasteiger partial charge < -0.3 is 10.1 Å².